The van der Waals surface area contributed by atoms with Crippen LogP contribution < -0.4 is 5.32 Å². The molecule has 3 aromatic rings. The molecule has 1 aliphatic rings. The minimum Gasteiger partial charge on any atom is -0.342 e. The largest absolute Gasteiger partial charge is 0.342 e. The average molecular weight is 356 g/mol. The van der Waals surface area contributed by atoms with E-state index < -0.39 is 0 Å². The number of carbonyl (C=O) groups is 2. The van der Waals surface area contributed by atoms with Crippen LogP contribution in [0.15, 0.2) is 36.7 Å². The Labute approximate surface area is 147 Å². The van der Waals surface area contributed by atoms with Crippen LogP contribution in [0.2, 0.25) is 0 Å². The number of hydrogen-bond donors (Lipinski definition) is 1. The number of anilines is 1. The zero-order valence-corrected chi connectivity index (χ0v) is 14.1. The number of nitrogens with zero attached hydrogens (tertiary/aromatic N) is 5. The summed E-state index contributed by atoms with van der Waals surface area (Å²) in [6.07, 6.45) is 2.51. The van der Waals surface area contributed by atoms with Gasteiger partial charge in [-0.05, 0) is 12.0 Å². The molecule has 4 rings (SSSR count). The van der Waals surface area contributed by atoms with Crippen molar-refractivity contribution >= 4 is 33.2 Å². The second-order valence-corrected chi connectivity index (χ2v) is 6.89. The molecule has 0 spiro atoms. The predicted octanol–water partition coefficient (Wildman–Crippen LogP) is 1.22. The number of fused-ring (bicyclic) bond motifs is 1. The lowest BCUT2D eigenvalue weighted by atomic mass is 10.1. The minimum atomic E-state index is -0.349. The van der Waals surface area contributed by atoms with Gasteiger partial charge in [-0.15, -0.1) is 15.3 Å². The number of hydrogen-bond acceptors (Lipinski definition) is 6. The van der Waals surface area contributed by atoms with E-state index in [1.807, 2.05) is 30.3 Å². The third kappa shape index (κ3) is 3.36. The standard InChI is InChI=1S/C16H16N6O2S/c23-13-8-12(9-21(13)7-6-11-4-2-1-3-5-11)14(24)18-15-20-22-10-17-19-16(22)25-15/h1-5,10,12H,6-9H2,(H,18,20,24)/t12-/m1/s1. The van der Waals surface area contributed by atoms with Crippen LogP contribution in [-0.4, -0.2) is 49.6 Å². The first-order chi connectivity index (χ1) is 12.2. The topological polar surface area (TPSA) is 92.5 Å². The van der Waals surface area contributed by atoms with Crippen molar-refractivity contribution in [3.05, 3.63) is 42.2 Å². The smallest absolute Gasteiger partial charge is 0.236 e. The Morgan fingerprint density at radius 3 is 2.96 bits per heavy atom. The molecule has 128 valence electrons. The summed E-state index contributed by atoms with van der Waals surface area (Å²) in [6, 6.07) is 10.0. The molecule has 1 aromatic carbocycles. The monoisotopic (exact) mass is 356 g/mol. The quantitative estimate of drug-likeness (QED) is 0.742. The average Bonchev–Trinajstić information content (AvgIpc) is 3.29. The summed E-state index contributed by atoms with van der Waals surface area (Å²) in [5, 5.41) is 15.0. The Kier molecular flexibility index (Phi) is 4.14. The molecule has 3 heterocycles. The Morgan fingerprint density at radius 2 is 2.16 bits per heavy atom. The summed E-state index contributed by atoms with van der Waals surface area (Å²) >= 11 is 1.25. The van der Waals surface area contributed by atoms with Gasteiger partial charge in [0.15, 0.2) is 0 Å². The fourth-order valence-electron chi connectivity index (χ4n) is 2.89. The first kappa shape index (κ1) is 15.7. The highest BCUT2D eigenvalue weighted by Crippen LogP contribution is 2.22. The molecular weight excluding hydrogens is 340 g/mol. The summed E-state index contributed by atoms with van der Waals surface area (Å²) in [5.74, 6) is -0.507. The van der Waals surface area contributed by atoms with E-state index in [1.54, 1.807) is 4.90 Å². The van der Waals surface area contributed by atoms with Crippen LogP contribution in [0, 0.1) is 5.92 Å². The van der Waals surface area contributed by atoms with Crippen LogP contribution in [0.1, 0.15) is 12.0 Å². The van der Waals surface area contributed by atoms with Crippen molar-refractivity contribution < 1.29 is 9.59 Å². The first-order valence-electron chi connectivity index (χ1n) is 7.98. The molecule has 1 N–H and O–H groups in total. The van der Waals surface area contributed by atoms with E-state index >= 15 is 0 Å². The third-order valence-electron chi connectivity index (χ3n) is 4.22. The molecule has 9 heteroatoms. The number of benzene rings is 1. The van der Waals surface area contributed by atoms with Crippen LogP contribution >= 0.6 is 11.3 Å². The molecule has 0 unspecified atom stereocenters. The van der Waals surface area contributed by atoms with Crippen LogP contribution in [0.3, 0.4) is 0 Å². The number of amides is 2. The van der Waals surface area contributed by atoms with Crippen molar-refractivity contribution in [2.24, 2.45) is 5.92 Å². The fourth-order valence-corrected chi connectivity index (χ4v) is 3.61. The van der Waals surface area contributed by atoms with Crippen LogP contribution in [0.5, 0.6) is 0 Å². The van der Waals surface area contributed by atoms with Crippen molar-refractivity contribution in [2.75, 3.05) is 18.4 Å². The van der Waals surface area contributed by atoms with Crippen LogP contribution in [-0.2, 0) is 16.0 Å². The van der Waals surface area contributed by atoms with Crippen LogP contribution in [0.25, 0.3) is 4.96 Å². The molecule has 0 bridgehead atoms. The second kappa shape index (κ2) is 6.60. The maximum Gasteiger partial charge on any atom is 0.236 e. The molecule has 0 aliphatic carbocycles. The molecule has 8 nitrogen and oxygen atoms in total. The van der Waals surface area contributed by atoms with Gasteiger partial charge in [0, 0.05) is 19.5 Å². The molecule has 1 fully saturated rings. The summed E-state index contributed by atoms with van der Waals surface area (Å²) in [6.45, 7) is 1.07. The molecule has 1 aliphatic heterocycles. The Morgan fingerprint density at radius 1 is 1.32 bits per heavy atom. The molecular formula is C16H16N6O2S. The van der Waals surface area contributed by atoms with Gasteiger partial charge >= 0.3 is 0 Å². The molecule has 1 saturated heterocycles. The van der Waals surface area contributed by atoms with E-state index in [0.717, 1.165) is 6.42 Å². The van der Waals surface area contributed by atoms with Gasteiger partial charge in [-0.1, -0.05) is 41.7 Å². The minimum absolute atomic E-state index is 0.0224. The van der Waals surface area contributed by atoms with Crippen molar-refractivity contribution in [1.29, 1.82) is 0 Å². The van der Waals surface area contributed by atoms with Gasteiger partial charge in [-0.3, -0.25) is 9.59 Å². The maximum absolute atomic E-state index is 12.4. The van der Waals surface area contributed by atoms with Gasteiger partial charge in [-0.25, -0.2) is 0 Å². The SMILES string of the molecule is O=C(Nc1nn2cnnc2s1)[C@@H]1CC(=O)N(CCc2ccccc2)C1. The molecule has 0 saturated carbocycles. The molecule has 2 aromatic heterocycles. The predicted molar refractivity (Wildman–Crippen MR) is 92.1 cm³/mol. The van der Waals surface area contributed by atoms with E-state index in [0.29, 0.717) is 23.2 Å². The summed E-state index contributed by atoms with van der Waals surface area (Å²) in [5.41, 5.74) is 1.18. The van der Waals surface area contributed by atoms with Crippen molar-refractivity contribution in [3.63, 3.8) is 0 Å². The lowest BCUT2D eigenvalue weighted by molar-refractivity contribution is -0.128. The van der Waals surface area contributed by atoms with Gasteiger partial charge in [0.25, 0.3) is 0 Å². The van der Waals surface area contributed by atoms with Crippen molar-refractivity contribution in [2.45, 2.75) is 12.8 Å². The number of carbonyl (C=O) groups excluding carboxylic acids is 2. The number of aromatic nitrogens is 4. The fraction of sp³-hybridized carbons (Fsp3) is 0.312. The van der Waals surface area contributed by atoms with Crippen molar-refractivity contribution in [3.8, 4) is 0 Å². The third-order valence-corrected chi connectivity index (χ3v) is 5.04. The lowest BCUT2D eigenvalue weighted by Crippen LogP contribution is -2.30. The summed E-state index contributed by atoms with van der Waals surface area (Å²) in [7, 11) is 0. The lowest BCUT2D eigenvalue weighted by Gasteiger charge is -2.16. The normalized spacial score (nSPS) is 17.4. The zero-order chi connectivity index (χ0) is 17.2. The summed E-state index contributed by atoms with van der Waals surface area (Å²) in [4.78, 5) is 27.0. The second-order valence-electron chi connectivity index (χ2n) is 5.93. The molecule has 1 atom stereocenters. The highest BCUT2D eigenvalue weighted by atomic mass is 32.1. The number of nitrogens with one attached hydrogen (secondary N) is 1. The van der Waals surface area contributed by atoms with E-state index in [4.69, 9.17) is 0 Å². The maximum atomic E-state index is 12.4. The van der Waals surface area contributed by atoms with E-state index in [1.165, 1.54) is 27.7 Å². The first-order valence-corrected chi connectivity index (χ1v) is 8.80. The number of likely N-dealkylation sites (tertiary alicyclic amines) is 1. The highest BCUT2D eigenvalue weighted by Gasteiger charge is 2.34. The van der Waals surface area contributed by atoms with Gasteiger partial charge < -0.3 is 10.2 Å². The van der Waals surface area contributed by atoms with Gasteiger partial charge in [0.1, 0.15) is 6.33 Å². The van der Waals surface area contributed by atoms with Gasteiger partial charge in [0.2, 0.25) is 21.9 Å². The molecule has 25 heavy (non-hydrogen) atoms. The van der Waals surface area contributed by atoms with E-state index in [2.05, 4.69) is 20.6 Å². The Hall–Kier alpha value is -2.81. The van der Waals surface area contributed by atoms with E-state index in [9.17, 15) is 9.59 Å². The van der Waals surface area contributed by atoms with Crippen molar-refractivity contribution in [1.82, 2.24) is 24.7 Å². The Bertz CT molecular complexity index is 877. The van der Waals surface area contributed by atoms with Gasteiger partial charge in [-0.2, -0.15) is 4.52 Å². The molecule has 2 amide bonds. The summed E-state index contributed by atoms with van der Waals surface area (Å²) < 4.78 is 1.51. The number of rotatable bonds is 5. The zero-order valence-electron chi connectivity index (χ0n) is 13.3. The Balaban J connectivity index is 1.34. The van der Waals surface area contributed by atoms with Crippen LogP contribution in [0.4, 0.5) is 5.13 Å². The van der Waals surface area contributed by atoms with E-state index in [-0.39, 0.29) is 24.2 Å². The highest BCUT2D eigenvalue weighted by molar-refractivity contribution is 7.20. The van der Waals surface area contributed by atoms with Gasteiger partial charge in [0.05, 0.1) is 5.92 Å². The molecule has 0 radical (unpaired) electrons.